The number of nitrogens with zero attached hydrogens (tertiary/aromatic N) is 6. The fourth-order valence-corrected chi connectivity index (χ4v) is 3.45. The molecule has 3 aromatic rings. The quantitative estimate of drug-likeness (QED) is 0.740. The van der Waals surface area contributed by atoms with Gasteiger partial charge in [0.2, 0.25) is 0 Å². The van der Waals surface area contributed by atoms with Gasteiger partial charge in [-0.25, -0.2) is 4.98 Å². The number of benzene rings is 1. The lowest BCUT2D eigenvalue weighted by Crippen LogP contribution is -2.33. The lowest BCUT2D eigenvalue weighted by Gasteiger charge is -2.27. The molecular formula is C18H20N6. The highest BCUT2D eigenvalue weighted by atomic mass is 15.3. The molecule has 3 heterocycles. The van der Waals surface area contributed by atoms with Crippen LogP contribution in [0.1, 0.15) is 36.0 Å². The third-order valence-electron chi connectivity index (χ3n) is 4.95. The van der Waals surface area contributed by atoms with Gasteiger partial charge in [-0.2, -0.15) is 0 Å². The Morgan fingerprint density at radius 2 is 1.92 bits per heavy atom. The third-order valence-corrected chi connectivity index (χ3v) is 4.95. The Kier molecular flexibility index (Phi) is 3.23. The second-order valence-electron chi connectivity index (χ2n) is 6.75. The molecule has 0 unspecified atom stereocenters. The first-order chi connectivity index (χ1) is 11.9. The van der Waals surface area contributed by atoms with Crippen molar-refractivity contribution in [2.75, 3.05) is 6.54 Å². The first-order valence-electron chi connectivity index (χ1n) is 8.58. The maximum atomic E-state index is 4.42. The van der Waals surface area contributed by atoms with E-state index in [1.807, 2.05) is 17.1 Å². The van der Waals surface area contributed by atoms with E-state index in [1.165, 1.54) is 24.2 Å². The van der Waals surface area contributed by atoms with Crippen molar-refractivity contribution in [3.63, 3.8) is 0 Å². The second kappa shape index (κ2) is 5.56. The summed E-state index contributed by atoms with van der Waals surface area (Å²) in [6.45, 7) is 3.92. The fraction of sp³-hybridized carbons (Fsp3) is 0.389. The first-order valence-corrected chi connectivity index (χ1v) is 8.58. The van der Waals surface area contributed by atoms with Crippen LogP contribution >= 0.6 is 0 Å². The molecular weight excluding hydrogens is 300 g/mol. The molecule has 24 heavy (non-hydrogen) atoms. The zero-order chi connectivity index (χ0) is 15.9. The van der Waals surface area contributed by atoms with Crippen molar-refractivity contribution in [1.29, 1.82) is 0 Å². The van der Waals surface area contributed by atoms with Crippen LogP contribution < -0.4 is 0 Å². The molecule has 1 aliphatic heterocycles. The predicted octanol–water partition coefficient (Wildman–Crippen LogP) is 2.36. The Hall–Kier alpha value is -2.47. The molecule has 1 aromatic carbocycles. The third kappa shape index (κ3) is 2.53. The number of rotatable bonds is 4. The molecule has 0 spiro atoms. The summed E-state index contributed by atoms with van der Waals surface area (Å²) in [5.41, 5.74) is 2.47. The molecule has 0 radical (unpaired) electrons. The second-order valence-corrected chi connectivity index (χ2v) is 6.75. The monoisotopic (exact) mass is 320 g/mol. The summed E-state index contributed by atoms with van der Waals surface area (Å²) >= 11 is 0. The van der Waals surface area contributed by atoms with Crippen LogP contribution in [0.2, 0.25) is 0 Å². The van der Waals surface area contributed by atoms with Crippen LogP contribution in [0.25, 0.3) is 5.69 Å². The van der Waals surface area contributed by atoms with E-state index in [0.717, 1.165) is 37.7 Å². The fourth-order valence-electron chi connectivity index (χ4n) is 3.45. The Balaban J connectivity index is 1.28. The van der Waals surface area contributed by atoms with Crippen LogP contribution in [0.5, 0.6) is 0 Å². The van der Waals surface area contributed by atoms with E-state index in [2.05, 4.69) is 48.9 Å². The summed E-state index contributed by atoms with van der Waals surface area (Å²) in [5.74, 6) is 3.01. The molecule has 0 amide bonds. The minimum absolute atomic E-state index is 0.675. The summed E-state index contributed by atoms with van der Waals surface area (Å²) in [5, 5.41) is 8.84. The van der Waals surface area contributed by atoms with E-state index in [0.29, 0.717) is 5.92 Å². The minimum atomic E-state index is 0.675. The molecule has 0 N–H and O–H groups in total. The van der Waals surface area contributed by atoms with Gasteiger partial charge in [-0.05, 0) is 30.5 Å². The van der Waals surface area contributed by atoms with Crippen molar-refractivity contribution in [2.24, 2.45) is 0 Å². The molecule has 1 saturated carbocycles. The van der Waals surface area contributed by atoms with E-state index < -0.39 is 0 Å². The minimum Gasteiger partial charge on any atom is -0.312 e. The Morgan fingerprint density at radius 3 is 2.67 bits per heavy atom. The van der Waals surface area contributed by atoms with Gasteiger partial charge in [-0.3, -0.25) is 4.90 Å². The lowest BCUT2D eigenvalue weighted by molar-refractivity contribution is 0.207. The Labute approximate surface area is 140 Å². The van der Waals surface area contributed by atoms with Gasteiger partial charge >= 0.3 is 0 Å². The van der Waals surface area contributed by atoms with Crippen molar-refractivity contribution < 1.29 is 0 Å². The Morgan fingerprint density at radius 1 is 1.04 bits per heavy atom. The van der Waals surface area contributed by atoms with Crippen molar-refractivity contribution in [2.45, 2.75) is 38.4 Å². The van der Waals surface area contributed by atoms with Gasteiger partial charge in [0.25, 0.3) is 0 Å². The maximum absolute atomic E-state index is 4.42. The highest BCUT2D eigenvalue weighted by Crippen LogP contribution is 2.39. The molecule has 0 saturated heterocycles. The van der Waals surface area contributed by atoms with E-state index in [1.54, 1.807) is 6.20 Å². The van der Waals surface area contributed by atoms with Gasteiger partial charge in [0.1, 0.15) is 11.6 Å². The average Bonchev–Trinajstić information content (AvgIpc) is 3.15. The highest BCUT2D eigenvalue weighted by molar-refractivity contribution is 5.34. The summed E-state index contributed by atoms with van der Waals surface area (Å²) < 4.78 is 4.36. The molecule has 6 nitrogen and oxygen atoms in total. The molecule has 122 valence electrons. The number of aromatic nitrogens is 5. The summed E-state index contributed by atoms with van der Waals surface area (Å²) in [4.78, 5) is 6.55. The van der Waals surface area contributed by atoms with Gasteiger partial charge in [-0.15, -0.1) is 10.2 Å². The topological polar surface area (TPSA) is 51.8 Å². The average molecular weight is 320 g/mol. The maximum Gasteiger partial charge on any atom is 0.147 e. The highest BCUT2D eigenvalue weighted by Gasteiger charge is 2.31. The van der Waals surface area contributed by atoms with Crippen LogP contribution in [0, 0.1) is 0 Å². The summed E-state index contributed by atoms with van der Waals surface area (Å²) in [6, 6.07) is 8.69. The largest absolute Gasteiger partial charge is 0.312 e. The van der Waals surface area contributed by atoms with Gasteiger partial charge in [-0.1, -0.05) is 12.1 Å². The molecule has 5 rings (SSSR count). The van der Waals surface area contributed by atoms with Crippen LogP contribution in [-0.2, 0) is 19.6 Å². The molecule has 2 aliphatic rings. The van der Waals surface area contributed by atoms with Gasteiger partial charge in [0.05, 0.1) is 12.9 Å². The van der Waals surface area contributed by atoms with Crippen molar-refractivity contribution in [1.82, 2.24) is 29.2 Å². The molecule has 2 aromatic heterocycles. The molecule has 6 heteroatoms. The van der Waals surface area contributed by atoms with Gasteiger partial charge in [0.15, 0.2) is 0 Å². The van der Waals surface area contributed by atoms with E-state index >= 15 is 0 Å². The zero-order valence-corrected chi connectivity index (χ0v) is 13.5. The van der Waals surface area contributed by atoms with Crippen molar-refractivity contribution >= 4 is 0 Å². The van der Waals surface area contributed by atoms with E-state index in [4.69, 9.17) is 0 Å². The molecule has 1 fully saturated rings. The lowest BCUT2D eigenvalue weighted by atomic mass is 10.2. The summed E-state index contributed by atoms with van der Waals surface area (Å²) in [7, 11) is 0. The SMILES string of the molecule is c1cn(-c2ccc(CN3CCn4c(nnc4C4CC4)C3)cc2)cn1. The van der Waals surface area contributed by atoms with E-state index in [-0.39, 0.29) is 0 Å². The van der Waals surface area contributed by atoms with Crippen LogP contribution in [0.3, 0.4) is 0 Å². The number of hydrogen-bond acceptors (Lipinski definition) is 4. The standard InChI is InChI=1S/C18H20N6/c1-5-16(23-8-7-19-13-23)6-2-14(1)11-22-9-10-24-17(12-22)20-21-18(24)15-3-4-15/h1-2,5-8,13,15H,3-4,9-12H2. The van der Waals surface area contributed by atoms with Crippen LogP contribution in [-0.4, -0.2) is 35.8 Å². The predicted molar refractivity (Wildman–Crippen MR) is 89.7 cm³/mol. The molecule has 0 bridgehead atoms. The summed E-state index contributed by atoms with van der Waals surface area (Å²) in [6.07, 6.45) is 8.15. The number of hydrogen-bond donors (Lipinski definition) is 0. The van der Waals surface area contributed by atoms with Crippen molar-refractivity contribution in [3.8, 4) is 5.69 Å². The van der Waals surface area contributed by atoms with Crippen molar-refractivity contribution in [3.05, 3.63) is 60.2 Å². The van der Waals surface area contributed by atoms with Gasteiger partial charge < -0.3 is 9.13 Å². The zero-order valence-electron chi connectivity index (χ0n) is 13.5. The van der Waals surface area contributed by atoms with Crippen LogP contribution in [0.4, 0.5) is 0 Å². The van der Waals surface area contributed by atoms with E-state index in [9.17, 15) is 0 Å². The van der Waals surface area contributed by atoms with Crippen LogP contribution in [0.15, 0.2) is 43.0 Å². The molecule has 0 atom stereocenters. The first kappa shape index (κ1) is 13.9. The van der Waals surface area contributed by atoms with Gasteiger partial charge in [0, 0.05) is 43.6 Å². The molecule has 1 aliphatic carbocycles. The number of fused-ring (bicyclic) bond motifs is 1. The normalized spacial score (nSPS) is 17.8. The Bertz CT molecular complexity index is 829. The smallest absolute Gasteiger partial charge is 0.147 e. The number of imidazole rings is 1.